The van der Waals surface area contributed by atoms with Gasteiger partial charge in [-0.15, -0.1) is 11.8 Å². The minimum Gasteiger partial charge on any atom is -0.382 e. The van der Waals surface area contributed by atoms with Gasteiger partial charge in [-0.1, -0.05) is 48.5 Å². The molecule has 0 aliphatic carbocycles. The number of benzene rings is 2. The average Bonchev–Trinajstić information content (AvgIpc) is 3.41. The first kappa shape index (κ1) is 18.8. The van der Waals surface area contributed by atoms with Crippen molar-refractivity contribution < 1.29 is 9.53 Å². The molecule has 4 aromatic rings. The summed E-state index contributed by atoms with van der Waals surface area (Å²) in [4.78, 5) is 27.2. The Bertz CT molecular complexity index is 1200. The van der Waals surface area contributed by atoms with Crippen LogP contribution in [0.2, 0.25) is 0 Å². The van der Waals surface area contributed by atoms with E-state index in [1.165, 1.54) is 4.90 Å². The number of anilines is 1. The number of rotatable bonds is 5. The minimum absolute atomic E-state index is 0.0539. The highest BCUT2D eigenvalue weighted by Crippen LogP contribution is 2.39. The lowest BCUT2D eigenvalue weighted by Crippen LogP contribution is -2.18. The molecule has 0 saturated carbocycles. The molecule has 150 valence electrons. The third-order valence-electron chi connectivity index (χ3n) is 5.00. The molecule has 0 unspecified atom stereocenters. The Kier molecular flexibility index (Phi) is 4.94. The van der Waals surface area contributed by atoms with Crippen LogP contribution in [-0.4, -0.2) is 37.2 Å². The second kappa shape index (κ2) is 7.89. The fourth-order valence-corrected chi connectivity index (χ4v) is 4.75. The largest absolute Gasteiger partial charge is 0.382 e. The summed E-state index contributed by atoms with van der Waals surface area (Å²) in [5, 5.41) is 0.189. The van der Waals surface area contributed by atoms with Gasteiger partial charge in [0.15, 0.2) is 11.5 Å². The Labute approximate surface area is 177 Å². The molecule has 7 nitrogen and oxygen atoms in total. The van der Waals surface area contributed by atoms with E-state index in [0.29, 0.717) is 23.3 Å². The highest BCUT2D eigenvalue weighted by atomic mass is 32.2. The Morgan fingerprint density at radius 3 is 2.57 bits per heavy atom. The van der Waals surface area contributed by atoms with E-state index in [4.69, 9.17) is 10.5 Å². The number of carbonyl (C=O) groups excluding carboxylic acids is 1. The lowest BCUT2D eigenvalue weighted by Gasteiger charge is -2.20. The van der Waals surface area contributed by atoms with Gasteiger partial charge in [-0.05, 0) is 18.6 Å². The maximum atomic E-state index is 12.9. The minimum atomic E-state index is -0.278. The van der Waals surface area contributed by atoms with Crippen LogP contribution >= 0.6 is 11.8 Å². The third kappa shape index (κ3) is 3.44. The summed E-state index contributed by atoms with van der Waals surface area (Å²) in [6, 6.07) is 19.1. The maximum absolute atomic E-state index is 12.9. The van der Waals surface area contributed by atoms with Crippen molar-refractivity contribution in [1.29, 1.82) is 0 Å². The normalized spacial score (nSPS) is 18.7. The molecule has 2 N–H and O–H groups in total. The van der Waals surface area contributed by atoms with Gasteiger partial charge < -0.3 is 10.5 Å². The number of ketones is 1. The number of ether oxygens (including phenoxy) is 1. The summed E-state index contributed by atoms with van der Waals surface area (Å²) in [5.41, 5.74) is 7.61. The van der Waals surface area contributed by atoms with Crippen LogP contribution in [0.15, 0.2) is 71.9 Å². The Hall–Kier alpha value is -3.23. The second-order valence-electron chi connectivity index (χ2n) is 6.97. The molecule has 2 aromatic heterocycles. The fraction of sp³-hybridized carbons (Fsp3) is 0.182. The fourth-order valence-electron chi connectivity index (χ4n) is 3.55. The number of thioether (sulfide) groups is 1. The first-order valence-electron chi connectivity index (χ1n) is 9.64. The van der Waals surface area contributed by atoms with Gasteiger partial charge in [-0.3, -0.25) is 9.36 Å². The zero-order valence-corrected chi connectivity index (χ0v) is 16.8. The number of hydrogen-bond acceptors (Lipinski definition) is 7. The number of aromatic nitrogens is 4. The van der Waals surface area contributed by atoms with E-state index in [9.17, 15) is 4.79 Å². The van der Waals surface area contributed by atoms with Gasteiger partial charge in [0, 0.05) is 10.5 Å². The van der Waals surface area contributed by atoms with Crippen LogP contribution < -0.4 is 5.73 Å². The van der Waals surface area contributed by atoms with Gasteiger partial charge in [0.1, 0.15) is 11.7 Å². The van der Waals surface area contributed by atoms with Crippen molar-refractivity contribution in [2.75, 3.05) is 12.3 Å². The monoisotopic (exact) mass is 417 g/mol. The Balaban J connectivity index is 1.52. The molecule has 30 heavy (non-hydrogen) atoms. The molecule has 0 spiro atoms. The highest BCUT2D eigenvalue weighted by Gasteiger charge is 2.32. The smallest absolute Gasteiger partial charge is 0.230 e. The summed E-state index contributed by atoms with van der Waals surface area (Å²) in [6.45, 7) is 0.644. The lowest BCUT2D eigenvalue weighted by atomic mass is 10.1. The third-order valence-corrected chi connectivity index (χ3v) is 6.32. The first-order valence-corrected chi connectivity index (χ1v) is 10.5. The van der Waals surface area contributed by atoms with Crippen LogP contribution in [0.25, 0.3) is 11.2 Å². The second-order valence-corrected chi connectivity index (χ2v) is 8.28. The lowest BCUT2D eigenvalue weighted by molar-refractivity contribution is 0.0617. The van der Waals surface area contributed by atoms with E-state index < -0.39 is 0 Å². The summed E-state index contributed by atoms with van der Waals surface area (Å²) in [7, 11) is 0. The quantitative estimate of drug-likeness (QED) is 0.494. The van der Waals surface area contributed by atoms with Crippen LogP contribution in [0.1, 0.15) is 28.8 Å². The van der Waals surface area contributed by atoms with Gasteiger partial charge in [-0.2, -0.15) is 0 Å². The van der Waals surface area contributed by atoms with Crippen LogP contribution in [0.3, 0.4) is 0 Å². The van der Waals surface area contributed by atoms with Crippen molar-refractivity contribution >= 4 is 34.5 Å². The first-order chi connectivity index (χ1) is 14.7. The van der Waals surface area contributed by atoms with E-state index in [2.05, 4.69) is 27.1 Å². The summed E-state index contributed by atoms with van der Waals surface area (Å²) < 4.78 is 7.89. The number of fused-ring (bicyclic) bond motifs is 1. The molecule has 2 aromatic carbocycles. The SMILES string of the molecule is Nc1nc(C(=O)c2ccccc2)nc2c1ncn2[C@H]1OCC[C@@H]1Sc1ccccc1. The topological polar surface area (TPSA) is 95.9 Å². The molecule has 0 amide bonds. The maximum Gasteiger partial charge on any atom is 0.230 e. The van der Waals surface area contributed by atoms with Crippen LogP contribution in [-0.2, 0) is 4.74 Å². The van der Waals surface area contributed by atoms with Gasteiger partial charge in [0.25, 0.3) is 0 Å². The Morgan fingerprint density at radius 1 is 1.07 bits per heavy atom. The number of imidazole rings is 1. The summed E-state index contributed by atoms with van der Waals surface area (Å²) in [6.07, 6.45) is 2.32. The molecule has 1 fully saturated rings. The van der Waals surface area contributed by atoms with E-state index in [1.807, 2.05) is 28.8 Å². The number of nitrogens with two attached hydrogens (primary N) is 1. The number of carbonyl (C=O) groups is 1. The van der Waals surface area contributed by atoms with Gasteiger partial charge in [0.05, 0.1) is 18.2 Å². The molecule has 0 radical (unpaired) electrons. The summed E-state index contributed by atoms with van der Waals surface area (Å²) in [5.74, 6) is -0.0407. The number of hydrogen-bond donors (Lipinski definition) is 1. The molecular weight excluding hydrogens is 398 g/mol. The van der Waals surface area contributed by atoms with Gasteiger partial charge in [-0.25, -0.2) is 15.0 Å². The van der Waals surface area contributed by atoms with E-state index in [0.717, 1.165) is 6.42 Å². The van der Waals surface area contributed by atoms with Crippen molar-refractivity contribution in [3.8, 4) is 0 Å². The molecular formula is C22H19N5O2S. The van der Waals surface area contributed by atoms with E-state index >= 15 is 0 Å². The number of nitrogens with zero attached hydrogens (tertiary/aromatic N) is 4. The molecule has 0 bridgehead atoms. The Morgan fingerprint density at radius 2 is 1.80 bits per heavy atom. The van der Waals surface area contributed by atoms with Crippen LogP contribution in [0.4, 0.5) is 5.82 Å². The number of nitrogen functional groups attached to an aromatic ring is 1. The van der Waals surface area contributed by atoms with Crippen molar-refractivity contribution in [2.45, 2.75) is 22.8 Å². The molecule has 3 heterocycles. The predicted molar refractivity (Wildman–Crippen MR) is 115 cm³/mol. The van der Waals surface area contributed by atoms with Crippen molar-refractivity contribution in [2.24, 2.45) is 0 Å². The van der Waals surface area contributed by atoms with Crippen molar-refractivity contribution in [1.82, 2.24) is 19.5 Å². The average molecular weight is 417 g/mol. The summed E-state index contributed by atoms with van der Waals surface area (Å²) >= 11 is 1.76. The molecule has 8 heteroatoms. The zero-order valence-electron chi connectivity index (χ0n) is 16.0. The standard InChI is InChI=1S/C22H19N5O2S/c23-19-17-21(26-20(25-19)18(28)14-7-3-1-4-8-14)27(13-24-17)22-16(11-12-29-22)30-15-9-5-2-6-10-15/h1-10,13,16,22H,11-12H2,(H2,23,25,26)/t16-,22-/m0/s1. The van der Waals surface area contributed by atoms with Gasteiger partial charge in [0.2, 0.25) is 11.6 Å². The molecule has 1 aliphatic rings. The van der Waals surface area contributed by atoms with Crippen molar-refractivity contribution in [3.05, 3.63) is 78.4 Å². The van der Waals surface area contributed by atoms with E-state index in [1.54, 1.807) is 42.4 Å². The highest BCUT2D eigenvalue weighted by molar-refractivity contribution is 8.00. The molecule has 5 rings (SSSR count). The van der Waals surface area contributed by atoms with Crippen LogP contribution in [0.5, 0.6) is 0 Å². The predicted octanol–water partition coefficient (Wildman–Crippen LogP) is 3.72. The molecule has 1 aliphatic heterocycles. The van der Waals surface area contributed by atoms with Crippen LogP contribution in [0, 0.1) is 0 Å². The molecule has 1 saturated heterocycles. The molecule has 2 atom stereocenters. The van der Waals surface area contributed by atoms with E-state index in [-0.39, 0.29) is 28.9 Å². The van der Waals surface area contributed by atoms with Crippen molar-refractivity contribution in [3.63, 3.8) is 0 Å². The zero-order chi connectivity index (χ0) is 20.5. The van der Waals surface area contributed by atoms with Gasteiger partial charge >= 0.3 is 0 Å².